The van der Waals surface area contributed by atoms with Gasteiger partial charge >= 0.3 is 0 Å². The lowest BCUT2D eigenvalue weighted by Crippen LogP contribution is -1.89. The van der Waals surface area contributed by atoms with Gasteiger partial charge < -0.3 is 9.72 Å². The normalized spacial score (nSPS) is 13.0. The van der Waals surface area contributed by atoms with Gasteiger partial charge in [0.25, 0.3) is 0 Å². The van der Waals surface area contributed by atoms with Crippen LogP contribution in [0.4, 0.5) is 0 Å². The van der Waals surface area contributed by atoms with Crippen molar-refractivity contribution in [1.29, 1.82) is 0 Å². The second kappa shape index (κ2) is 3.97. The number of ether oxygens (including phenoxy) is 1. The van der Waals surface area contributed by atoms with E-state index in [1.54, 1.807) is 7.11 Å². The molecule has 15 heavy (non-hydrogen) atoms. The first-order chi connectivity index (χ1) is 7.26. The summed E-state index contributed by atoms with van der Waals surface area (Å²) >= 11 is 0. The van der Waals surface area contributed by atoms with E-state index in [1.807, 2.05) is 6.07 Å². The number of hydrogen-bond acceptors (Lipinski definition) is 1. The maximum absolute atomic E-state index is 5.25. The molecule has 1 unspecified atom stereocenters. The summed E-state index contributed by atoms with van der Waals surface area (Å²) in [6, 6.07) is 6.16. The third-order valence-electron chi connectivity index (χ3n) is 3.06. The van der Waals surface area contributed by atoms with E-state index in [-0.39, 0.29) is 0 Å². The molecule has 0 radical (unpaired) electrons. The summed E-state index contributed by atoms with van der Waals surface area (Å²) < 4.78 is 5.25. The van der Waals surface area contributed by atoms with Gasteiger partial charge in [-0.05, 0) is 36.1 Å². The number of benzene rings is 1. The van der Waals surface area contributed by atoms with Gasteiger partial charge in [0.1, 0.15) is 5.75 Å². The van der Waals surface area contributed by atoms with Gasteiger partial charge in [-0.3, -0.25) is 0 Å². The summed E-state index contributed by atoms with van der Waals surface area (Å²) in [5.41, 5.74) is 2.57. The van der Waals surface area contributed by atoms with E-state index >= 15 is 0 Å². The zero-order chi connectivity index (χ0) is 10.8. The minimum atomic E-state index is 0.589. The average molecular weight is 203 g/mol. The minimum Gasteiger partial charge on any atom is -0.497 e. The second-order valence-electron chi connectivity index (χ2n) is 3.96. The number of nitrogens with one attached hydrogen (secondary N) is 1. The van der Waals surface area contributed by atoms with Crippen molar-refractivity contribution in [1.82, 2.24) is 4.98 Å². The van der Waals surface area contributed by atoms with Crippen LogP contribution in [0, 0.1) is 0 Å². The van der Waals surface area contributed by atoms with Crippen LogP contribution < -0.4 is 4.74 Å². The molecule has 2 nitrogen and oxygen atoms in total. The van der Waals surface area contributed by atoms with E-state index in [9.17, 15) is 0 Å². The lowest BCUT2D eigenvalue weighted by molar-refractivity contribution is 0.415. The molecule has 2 aromatic rings. The molecule has 0 aliphatic heterocycles. The molecule has 0 bridgehead atoms. The molecular weight excluding hydrogens is 186 g/mol. The van der Waals surface area contributed by atoms with Crippen molar-refractivity contribution in [3.8, 4) is 5.75 Å². The fourth-order valence-corrected chi connectivity index (χ4v) is 1.88. The first-order valence-corrected chi connectivity index (χ1v) is 5.41. The Balaban J connectivity index is 2.56. The third-order valence-corrected chi connectivity index (χ3v) is 3.06. The summed E-state index contributed by atoms with van der Waals surface area (Å²) in [5.74, 6) is 1.51. The summed E-state index contributed by atoms with van der Waals surface area (Å²) in [6.45, 7) is 4.46. The van der Waals surface area contributed by atoms with Crippen molar-refractivity contribution in [2.45, 2.75) is 26.2 Å². The molecule has 1 N–H and O–H groups in total. The number of aromatic amines is 1. The highest BCUT2D eigenvalue weighted by Crippen LogP contribution is 2.29. The van der Waals surface area contributed by atoms with Crippen molar-refractivity contribution in [3.05, 3.63) is 30.0 Å². The number of aromatic nitrogens is 1. The van der Waals surface area contributed by atoms with Crippen molar-refractivity contribution in [2.75, 3.05) is 7.11 Å². The lowest BCUT2D eigenvalue weighted by Gasteiger charge is -2.07. The van der Waals surface area contributed by atoms with E-state index in [2.05, 4.69) is 37.2 Å². The Hall–Kier alpha value is -1.44. The third kappa shape index (κ3) is 1.72. The maximum atomic E-state index is 5.25. The Bertz CT molecular complexity index is 459. The van der Waals surface area contributed by atoms with Gasteiger partial charge in [-0.1, -0.05) is 13.8 Å². The molecule has 1 aromatic carbocycles. The summed E-state index contributed by atoms with van der Waals surface area (Å²) in [6.07, 6.45) is 3.27. The highest BCUT2D eigenvalue weighted by molar-refractivity contribution is 5.85. The van der Waals surface area contributed by atoms with Crippen LogP contribution in [0.2, 0.25) is 0 Å². The summed E-state index contributed by atoms with van der Waals surface area (Å²) in [4.78, 5) is 3.30. The first-order valence-electron chi connectivity index (χ1n) is 5.41. The minimum absolute atomic E-state index is 0.589. The quantitative estimate of drug-likeness (QED) is 0.808. The maximum Gasteiger partial charge on any atom is 0.119 e. The van der Waals surface area contributed by atoms with E-state index in [0.29, 0.717) is 5.92 Å². The van der Waals surface area contributed by atoms with Crippen LogP contribution in [0.25, 0.3) is 10.9 Å². The highest BCUT2D eigenvalue weighted by atomic mass is 16.5. The zero-order valence-corrected chi connectivity index (χ0v) is 9.50. The molecule has 1 heterocycles. The predicted octanol–water partition coefficient (Wildman–Crippen LogP) is 3.69. The SMILES string of the molecule is CCC(C)c1c[nH]c2ccc(OC)cc12. The van der Waals surface area contributed by atoms with Crippen molar-refractivity contribution in [2.24, 2.45) is 0 Å². The van der Waals surface area contributed by atoms with Gasteiger partial charge in [0.15, 0.2) is 0 Å². The number of methoxy groups -OCH3 is 1. The van der Waals surface area contributed by atoms with Crippen LogP contribution in [0.1, 0.15) is 31.7 Å². The molecule has 0 aliphatic rings. The number of rotatable bonds is 3. The van der Waals surface area contributed by atoms with Crippen molar-refractivity contribution < 1.29 is 4.74 Å². The van der Waals surface area contributed by atoms with E-state index < -0.39 is 0 Å². The predicted molar refractivity (Wildman–Crippen MR) is 63.6 cm³/mol. The zero-order valence-electron chi connectivity index (χ0n) is 9.50. The van der Waals surface area contributed by atoms with Crippen molar-refractivity contribution >= 4 is 10.9 Å². The molecule has 2 heteroatoms. The van der Waals surface area contributed by atoms with Gasteiger partial charge in [0, 0.05) is 17.1 Å². The Morgan fingerprint density at radius 2 is 2.20 bits per heavy atom. The Morgan fingerprint density at radius 1 is 1.40 bits per heavy atom. The molecule has 0 saturated carbocycles. The molecule has 0 amide bonds. The largest absolute Gasteiger partial charge is 0.497 e. The molecule has 0 fully saturated rings. The summed E-state index contributed by atoms with van der Waals surface area (Å²) in [7, 11) is 1.71. The van der Waals surface area contributed by atoms with Crippen LogP contribution in [0.3, 0.4) is 0 Å². The fourth-order valence-electron chi connectivity index (χ4n) is 1.88. The van der Waals surface area contributed by atoms with Crippen LogP contribution in [-0.2, 0) is 0 Å². The smallest absolute Gasteiger partial charge is 0.119 e. The second-order valence-corrected chi connectivity index (χ2v) is 3.96. The van der Waals surface area contributed by atoms with Gasteiger partial charge in [0.05, 0.1) is 7.11 Å². The molecule has 80 valence electrons. The molecule has 1 atom stereocenters. The first kappa shape index (κ1) is 10.1. The molecular formula is C13H17NO. The van der Waals surface area contributed by atoms with Gasteiger partial charge in [-0.25, -0.2) is 0 Å². The topological polar surface area (TPSA) is 25.0 Å². The lowest BCUT2D eigenvalue weighted by atomic mass is 9.98. The van der Waals surface area contributed by atoms with Crippen molar-refractivity contribution in [3.63, 3.8) is 0 Å². The number of hydrogen-bond donors (Lipinski definition) is 1. The molecule has 0 saturated heterocycles. The van der Waals surface area contributed by atoms with E-state index in [4.69, 9.17) is 4.74 Å². The number of H-pyrrole nitrogens is 1. The molecule has 0 spiro atoms. The molecule has 0 aliphatic carbocycles. The van der Waals surface area contributed by atoms with E-state index in [0.717, 1.165) is 12.2 Å². The standard InChI is InChI=1S/C13H17NO/c1-4-9(2)12-8-14-13-6-5-10(15-3)7-11(12)13/h5-9,14H,4H2,1-3H3. The Labute approximate surface area is 90.3 Å². The monoisotopic (exact) mass is 203 g/mol. The van der Waals surface area contributed by atoms with Gasteiger partial charge in [-0.15, -0.1) is 0 Å². The fraction of sp³-hybridized carbons (Fsp3) is 0.385. The van der Waals surface area contributed by atoms with Crippen LogP contribution in [-0.4, -0.2) is 12.1 Å². The van der Waals surface area contributed by atoms with Gasteiger partial charge in [0.2, 0.25) is 0 Å². The molecule has 2 rings (SSSR count). The van der Waals surface area contributed by atoms with E-state index in [1.165, 1.54) is 16.5 Å². The van der Waals surface area contributed by atoms with Crippen LogP contribution in [0.5, 0.6) is 5.75 Å². The van der Waals surface area contributed by atoms with Gasteiger partial charge in [-0.2, -0.15) is 0 Å². The highest BCUT2D eigenvalue weighted by Gasteiger charge is 2.09. The van der Waals surface area contributed by atoms with Crippen LogP contribution in [0.15, 0.2) is 24.4 Å². The summed E-state index contributed by atoms with van der Waals surface area (Å²) in [5, 5.41) is 1.28. The number of fused-ring (bicyclic) bond motifs is 1. The average Bonchev–Trinajstić information content (AvgIpc) is 2.70. The molecule has 1 aromatic heterocycles. The Kier molecular flexibility index (Phi) is 2.67. The van der Waals surface area contributed by atoms with Crippen LogP contribution >= 0.6 is 0 Å². The Morgan fingerprint density at radius 3 is 2.87 bits per heavy atom.